The normalized spacial score (nSPS) is 16.8. The first-order valence-corrected chi connectivity index (χ1v) is 6.37. The van der Waals surface area contributed by atoms with Crippen molar-refractivity contribution < 1.29 is 14.3 Å². The van der Waals surface area contributed by atoms with Crippen molar-refractivity contribution in [2.24, 2.45) is 0 Å². The average Bonchev–Trinajstić information content (AvgIpc) is 2.36. The molecule has 5 nitrogen and oxygen atoms in total. The van der Waals surface area contributed by atoms with Crippen molar-refractivity contribution in [1.82, 2.24) is 10.2 Å². The Bertz CT molecular complexity index is 250. The molecule has 0 atom stereocenters. The van der Waals surface area contributed by atoms with Crippen LogP contribution in [0.2, 0.25) is 0 Å². The number of hydrogen-bond donors (Lipinski definition) is 1. The van der Waals surface area contributed by atoms with Crippen LogP contribution in [-0.4, -0.2) is 56.0 Å². The molecule has 0 amide bonds. The van der Waals surface area contributed by atoms with Gasteiger partial charge >= 0.3 is 5.97 Å². The second-order valence-corrected chi connectivity index (χ2v) is 4.19. The van der Waals surface area contributed by atoms with Crippen molar-refractivity contribution in [2.45, 2.75) is 26.2 Å². The van der Waals surface area contributed by atoms with Crippen molar-refractivity contribution in [3.05, 3.63) is 0 Å². The van der Waals surface area contributed by atoms with E-state index in [1.165, 1.54) is 0 Å². The van der Waals surface area contributed by atoms with E-state index in [0.29, 0.717) is 6.42 Å². The highest BCUT2D eigenvalue weighted by Crippen LogP contribution is 2.02. The molecular weight excluding hydrogens is 220 g/mol. The van der Waals surface area contributed by atoms with Gasteiger partial charge in [0.2, 0.25) is 5.78 Å². The second kappa shape index (κ2) is 8.20. The topological polar surface area (TPSA) is 58.6 Å². The molecule has 5 heteroatoms. The van der Waals surface area contributed by atoms with Crippen molar-refractivity contribution in [3.8, 4) is 0 Å². The van der Waals surface area contributed by atoms with E-state index in [1.54, 1.807) is 6.92 Å². The molecule has 1 aliphatic heterocycles. The van der Waals surface area contributed by atoms with Gasteiger partial charge in [-0.15, -0.1) is 0 Å². The Morgan fingerprint density at radius 2 is 1.94 bits per heavy atom. The number of Topliss-reactive ketones (excluding diaryl/α,β-unsaturated/α-hetero) is 1. The monoisotopic (exact) mass is 242 g/mol. The third-order valence-electron chi connectivity index (χ3n) is 2.84. The van der Waals surface area contributed by atoms with Crippen LogP contribution >= 0.6 is 0 Å². The van der Waals surface area contributed by atoms with E-state index < -0.39 is 11.8 Å². The van der Waals surface area contributed by atoms with Crippen LogP contribution in [0.15, 0.2) is 0 Å². The summed E-state index contributed by atoms with van der Waals surface area (Å²) >= 11 is 0. The number of piperazine rings is 1. The number of ketones is 1. The molecular formula is C12H22N2O3. The van der Waals surface area contributed by atoms with Gasteiger partial charge in [0.25, 0.3) is 0 Å². The number of esters is 1. The van der Waals surface area contributed by atoms with Crippen molar-refractivity contribution in [2.75, 3.05) is 39.3 Å². The second-order valence-electron chi connectivity index (χ2n) is 4.19. The number of ether oxygens (including phenoxy) is 1. The molecule has 0 bridgehead atoms. The third-order valence-corrected chi connectivity index (χ3v) is 2.84. The first-order chi connectivity index (χ1) is 8.24. The molecule has 1 heterocycles. The van der Waals surface area contributed by atoms with Gasteiger partial charge in [-0.1, -0.05) is 0 Å². The van der Waals surface area contributed by atoms with Gasteiger partial charge in [0.05, 0.1) is 6.61 Å². The fourth-order valence-electron chi connectivity index (χ4n) is 1.87. The standard InChI is InChI=1S/C12H22N2O3/c1-2-17-12(16)11(15)5-3-4-8-14-9-6-13-7-10-14/h13H,2-10H2,1H3. The molecule has 1 N–H and O–H groups in total. The van der Waals surface area contributed by atoms with Gasteiger partial charge in [-0.25, -0.2) is 4.79 Å². The zero-order valence-corrected chi connectivity index (χ0v) is 10.5. The molecule has 1 fully saturated rings. The quantitative estimate of drug-likeness (QED) is 0.392. The van der Waals surface area contributed by atoms with Crippen molar-refractivity contribution in [1.29, 1.82) is 0 Å². The molecule has 1 aliphatic rings. The molecule has 0 aliphatic carbocycles. The van der Waals surface area contributed by atoms with E-state index in [0.717, 1.165) is 45.6 Å². The summed E-state index contributed by atoms with van der Waals surface area (Å²) < 4.78 is 4.64. The Balaban J connectivity index is 2.03. The maximum absolute atomic E-state index is 11.3. The number of unbranched alkanes of at least 4 members (excludes halogenated alkanes) is 1. The lowest BCUT2D eigenvalue weighted by Gasteiger charge is -2.26. The van der Waals surface area contributed by atoms with Crippen molar-refractivity contribution in [3.63, 3.8) is 0 Å². The molecule has 0 spiro atoms. The molecule has 0 unspecified atom stereocenters. The van der Waals surface area contributed by atoms with Gasteiger partial charge in [-0.3, -0.25) is 4.79 Å². The number of nitrogens with zero attached hydrogens (tertiary/aromatic N) is 1. The number of carbonyl (C=O) groups excluding carboxylic acids is 2. The maximum atomic E-state index is 11.3. The molecule has 0 aromatic rings. The van der Waals surface area contributed by atoms with Gasteiger partial charge in [0.1, 0.15) is 0 Å². The molecule has 1 saturated heterocycles. The predicted octanol–water partition coefficient (Wildman–Crippen LogP) is 0.194. The molecule has 0 aromatic carbocycles. The van der Waals surface area contributed by atoms with E-state index >= 15 is 0 Å². The highest BCUT2D eigenvalue weighted by Gasteiger charge is 2.14. The number of carbonyl (C=O) groups is 2. The lowest BCUT2D eigenvalue weighted by molar-refractivity contribution is -0.153. The van der Waals surface area contributed by atoms with Crippen LogP contribution in [0.3, 0.4) is 0 Å². The number of nitrogens with one attached hydrogen (secondary N) is 1. The van der Waals surface area contributed by atoms with E-state index in [9.17, 15) is 9.59 Å². The van der Waals surface area contributed by atoms with E-state index in [-0.39, 0.29) is 6.61 Å². The lowest BCUT2D eigenvalue weighted by atomic mass is 10.1. The summed E-state index contributed by atoms with van der Waals surface area (Å²) in [5.41, 5.74) is 0. The van der Waals surface area contributed by atoms with Crippen LogP contribution in [0, 0.1) is 0 Å². The number of rotatable bonds is 7. The minimum absolute atomic E-state index is 0.269. The first kappa shape index (κ1) is 14.1. The van der Waals surface area contributed by atoms with Crippen LogP contribution in [-0.2, 0) is 14.3 Å². The average molecular weight is 242 g/mol. The van der Waals surface area contributed by atoms with Crippen LogP contribution in [0.1, 0.15) is 26.2 Å². The van der Waals surface area contributed by atoms with Gasteiger partial charge in [0.15, 0.2) is 0 Å². The summed E-state index contributed by atoms with van der Waals surface area (Å²) in [6.07, 6.45) is 2.04. The molecule has 0 saturated carbocycles. The van der Waals surface area contributed by atoms with Crippen LogP contribution < -0.4 is 5.32 Å². The van der Waals surface area contributed by atoms with Gasteiger partial charge in [-0.2, -0.15) is 0 Å². The zero-order chi connectivity index (χ0) is 12.5. The SMILES string of the molecule is CCOC(=O)C(=O)CCCCN1CCNCC1. The van der Waals surface area contributed by atoms with E-state index in [2.05, 4.69) is 15.0 Å². The third kappa shape index (κ3) is 5.79. The smallest absolute Gasteiger partial charge is 0.374 e. The van der Waals surface area contributed by atoms with Crippen LogP contribution in [0.25, 0.3) is 0 Å². The van der Waals surface area contributed by atoms with Gasteiger partial charge < -0.3 is 15.0 Å². The summed E-state index contributed by atoms with van der Waals surface area (Å²) in [5, 5.41) is 3.30. The minimum Gasteiger partial charge on any atom is -0.460 e. The first-order valence-electron chi connectivity index (χ1n) is 6.37. The predicted molar refractivity (Wildman–Crippen MR) is 64.8 cm³/mol. The molecule has 0 aromatic heterocycles. The largest absolute Gasteiger partial charge is 0.460 e. The fourth-order valence-corrected chi connectivity index (χ4v) is 1.87. The van der Waals surface area contributed by atoms with Crippen LogP contribution in [0.5, 0.6) is 0 Å². The summed E-state index contributed by atoms with van der Waals surface area (Å²) in [6, 6.07) is 0. The number of hydrogen-bond acceptors (Lipinski definition) is 5. The fraction of sp³-hybridized carbons (Fsp3) is 0.833. The zero-order valence-electron chi connectivity index (χ0n) is 10.5. The Hall–Kier alpha value is -0.940. The van der Waals surface area contributed by atoms with Crippen LogP contribution in [0.4, 0.5) is 0 Å². The van der Waals surface area contributed by atoms with Crippen molar-refractivity contribution >= 4 is 11.8 Å². The Morgan fingerprint density at radius 3 is 2.59 bits per heavy atom. The van der Waals surface area contributed by atoms with E-state index in [4.69, 9.17) is 0 Å². The molecule has 0 radical (unpaired) electrons. The van der Waals surface area contributed by atoms with Gasteiger partial charge in [-0.05, 0) is 26.3 Å². The summed E-state index contributed by atoms with van der Waals surface area (Å²) in [5.74, 6) is -1.08. The van der Waals surface area contributed by atoms with Gasteiger partial charge in [0, 0.05) is 32.6 Å². The van der Waals surface area contributed by atoms with E-state index in [1.807, 2.05) is 0 Å². The summed E-state index contributed by atoms with van der Waals surface area (Å²) in [6.45, 7) is 7.22. The molecule has 1 rings (SSSR count). The summed E-state index contributed by atoms with van der Waals surface area (Å²) in [4.78, 5) is 24.7. The minimum atomic E-state index is -0.685. The Kier molecular flexibility index (Phi) is 6.81. The Labute approximate surface area is 102 Å². The molecule has 98 valence electrons. The highest BCUT2D eigenvalue weighted by molar-refractivity contribution is 6.33. The lowest BCUT2D eigenvalue weighted by Crippen LogP contribution is -2.43. The molecule has 17 heavy (non-hydrogen) atoms. The highest BCUT2D eigenvalue weighted by atomic mass is 16.5. The Morgan fingerprint density at radius 1 is 1.24 bits per heavy atom. The maximum Gasteiger partial charge on any atom is 0.374 e. The summed E-state index contributed by atoms with van der Waals surface area (Å²) in [7, 11) is 0.